The minimum absolute atomic E-state index is 0.102. The van der Waals surface area contributed by atoms with Crippen LogP contribution in [0.4, 0.5) is 0 Å². The van der Waals surface area contributed by atoms with Crippen molar-refractivity contribution in [2.45, 2.75) is 45.6 Å². The highest BCUT2D eigenvalue weighted by molar-refractivity contribution is 7.89. The Morgan fingerprint density at radius 1 is 1.08 bits per heavy atom. The van der Waals surface area contributed by atoms with Crippen LogP contribution in [0.15, 0.2) is 52.5 Å². The molecule has 0 radical (unpaired) electrons. The second kappa shape index (κ2) is 7.70. The molecular formula is C19H24N2O3S. The van der Waals surface area contributed by atoms with Gasteiger partial charge in [0, 0.05) is 0 Å². The monoisotopic (exact) mass is 360 g/mol. The molecule has 2 rings (SSSR count). The molecule has 0 fully saturated rings. The third kappa shape index (κ3) is 5.06. The molecule has 25 heavy (non-hydrogen) atoms. The Bertz CT molecular complexity index is 870. The lowest BCUT2D eigenvalue weighted by Crippen LogP contribution is -2.21. The number of benzene rings is 2. The molecule has 5 nitrogen and oxygen atoms in total. The molecule has 0 aromatic heterocycles. The van der Waals surface area contributed by atoms with E-state index in [0.717, 1.165) is 16.9 Å². The fraction of sp³-hybridized carbons (Fsp3) is 0.316. The molecule has 1 N–H and O–H groups in total. The summed E-state index contributed by atoms with van der Waals surface area (Å²) in [5.74, 6) is 0.766. The summed E-state index contributed by atoms with van der Waals surface area (Å²) in [6.07, 6.45) is 0.102. The van der Waals surface area contributed by atoms with Crippen LogP contribution in [0.3, 0.4) is 0 Å². The van der Waals surface area contributed by atoms with Crippen LogP contribution < -0.4 is 9.57 Å². The predicted octanol–water partition coefficient (Wildman–Crippen LogP) is 3.79. The molecule has 0 aliphatic carbocycles. The van der Waals surface area contributed by atoms with Gasteiger partial charge in [-0.25, -0.2) is 0 Å². The number of ether oxygens (including phenoxy) is 1. The first-order valence-corrected chi connectivity index (χ1v) is 9.58. The fourth-order valence-electron chi connectivity index (χ4n) is 2.29. The second-order valence-electron chi connectivity index (χ2n) is 6.25. The van der Waals surface area contributed by atoms with E-state index in [-0.39, 0.29) is 11.0 Å². The third-order valence-corrected chi connectivity index (χ3v) is 4.96. The summed E-state index contributed by atoms with van der Waals surface area (Å²) >= 11 is 0. The zero-order valence-corrected chi connectivity index (χ0v) is 16.0. The van der Waals surface area contributed by atoms with Gasteiger partial charge in [-0.05, 0) is 81.6 Å². The molecule has 0 spiro atoms. The number of nitrogens with one attached hydrogen (secondary N) is 1. The van der Waals surface area contributed by atoms with Crippen molar-refractivity contribution in [1.82, 2.24) is 4.83 Å². The summed E-state index contributed by atoms with van der Waals surface area (Å²) in [6.45, 7) is 9.29. The SMILES string of the molecule is C/C(=N/NS(=O)(=O)c1cc(C)ccc1C)c1ccc(OC(C)C)cc1. The smallest absolute Gasteiger partial charge is 0.276 e. The standard InChI is InChI=1S/C19H24N2O3S/c1-13(2)24-18-10-8-17(9-11-18)16(5)20-21-25(22,23)19-12-14(3)6-7-15(19)4/h6-13,21H,1-5H3/b20-16-. The van der Waals surface area contributed by atoms with Crippen molar-refractivity contribution < 1.29 is 13.2 Å². The van der Waals surface area contributed by atoms with Gasteiger partial charge in [0.05, 0.1) is 16.7 Å². The van der Waals surface area contributed by atoms with Gasteiger partial charge >= 0.3 is 0 Å². The normalized spacial score (nSPS) is 12.3. The van der Waals surface area contributed by atoms with Crippen LogP contribution in [0.25, 0.3) is 0 Å². The minimum atomic E-state index is -3.70. The van der Waals surface area contributed by atoms with Gasteiger partial charge in [0.2, 0.25) is 0 Å². The highest BCUT2D eigenvalue weighted by Crippen LogP contribution is 2.17. The van der Waals surface area contributed by atoms with E-state index < -0.39 is 10.0 Å². The summed E-state index contributed by atoms with van der Waals surface area (Å²) < 4.78 is 30.6. The van der Waals surface area contributed by atoms with Crippen LogP contribution in [0, 0.1) is 13.8 Å². The van der Waals surface area contributed by atoms with Crippen molar-refractivity contribution in [3.63, 3.8) is 0 Å². The zero-order valence-electron chi connectivity index (χ0n) is 15.2. The molecule has 6 heteroatoms. The molecule has 0 heterocycles. The Morgan fingerprint density at radius 3 is 2.32 bits per heavy atom. The van der Waals surface area contributed by atoms with Crippen molar-refractivity contribution in [2.75, 3.05) is 0 Å². The Balaban J connectivity index is 2.18. The fourth-order valence-corrected chi connectivity index (χ4v) is 3.47. The van der Waals surface area contributed by atoms with Crippen molar-refractivity contribution in [3.05, 3.63) is 59.2 Å². The van der Waals surface area contributed by atoms with Gasteiger partial charge in [-0.3, -0.25) is 0 Å². The topological polar surface area (TPSA) is 67.8 Å². The molecule has 0 aliphatic heterocycles. The number of rotatable bonds is 6. The van der Waals surface area contributed by atoms with E-state index in [1.807, 2.05) is 51.1 Å². The predicted molar refractivity (Wildman–Crippen MR) is 101 cm³/mol. The summed E-state index contributed by atoms with van der Waals surface area (Å²) in [5, 5.41) is 4.04. The molecule has 0 atom stereocenters. The number of hydrogen-bond acceptors (Lipinski definition) is 4. The highest BCUT2D eigenvalue weighted by atomic mass is 32.2. The molecule has 134 valence electrons. The maximum atomic E-state index is 12.5. The Morgan fingerprint density at radius 2 is 1.72 bits per heavy atom. The van der Waals surface area contributed by atoms with Gasteiger partial charge in [0.1, 0.15) is 5.75 Å². The van der Waals surface area contributed by atoms with Crippen LogP contribution in [-0.4, -0.2) is 20.2 Å². The lowest BCUT2D eigenvalue weighted by molar-refractivity contribution is 0.242. The molecule has 0 saturated carbocycles. The van der Waals surface area contributed by atoms with E-state index in [2.05, 4.69) is 9.93 Å². The Kier molecular flexibility index (Phi) is 5.85. The van der Waals surface area contributed by atoms with E-state index in [0.29, 0.717) is 11.3 Å². The second-order valence-corrected chi connectivity index (χ2v) is 7.88. The molecular weight excluding hydrogens is 336 g/mol. The Labute approximate surface area is 149 Å². The van der Waals surface area contributed by atoms with E-state index in [1.165, 1.54) is 0 Å². The largest absolute Gasteiger partial charge is 0.491 e. The van der Waals surface area contributed by atoms with Crippen LogP contribution in [0.5, 0.6) is 5.75 Å². The molecule has 0 amide bonds. The summed E-state index contributed by atoms with van der Waals surface area (Å²) in [6, 6.07) is 12.7. The van der Waals surface area contributed by atoms with Crippen molar-refractivity contribution in [2.24, 2.45) is 5.10 Å². The molecule has 0 bridgehead atoms. The van der Waals surface area contributed by atoms with Crippen LogP contribution in [0.2, 0.25) is 0 Å². The van der Waals surface area contributed by atoms with Crippen LogP contribution in [-0.2, 0) is 10.0 Å². The first kappa shape index (κ1) is 19.0. The van der Waals surface area contributed by atoms with Crippen molar-refractivity contribution >= 4 is 15.7 Å². The molecule has 0 unspecified atom stereocenters. The van der Waals surface area contributed by atoms with E-state index >= 15 is 0 Å². The number of hydrogen-bond donors (Lipinski definition) is 1. The zero-order chi connectivity index (χ0) is 18.6. The minimum Gasteiger partial charge on any atom is -0.491 e. The third-order valence-electron chi connectivity index (χ3n) is 3.61. The van der Waals surface area contributed by atoms with Crippen molar-refractivity contribution in [3.8, 4) is 5.75 Å². The Hall–Kier alpha value is -2.34. The molecule has 2 aromatic rings. The lowest BCUT2D eigenvalue weighted by Gasteiger charge is -2.11. The van der Waals surface area contributed by atoms with Crippen LogP contribution >= 0.6 is 0 Å². The van der Waals surface area contributed by atoms with Gasteiger partial charge in [0.25, 0.3) is 10.0 Å². The van der Waals surface area contributed by atoms with Crippen LogP contribution in [0.1, 0.15) is 37.5 Å². The molecule has 2 aromatic carbocycles. The van der Waals surface area contributed by atoms with Gasteiger partial charge in [-0.15, -0.1) is 0 Å². The number of aryl methyl sites for hydroxylation is 2. The van der Waals surface area contributed by atoms with E-state index in [4.69, 9.17) is 4.74 Å². The molecule has 0 saturated heterocycles. The quantitative estimate of drug-likeness (QED) is 0.629. The maximum Gasteiger partial charge on any atom is 0.276 e. The first-order chi connectivity index (χ1) is 11.7. The van der Waals surface area contributed by atoms with Gasteiger partial charge < -0.3 is 4.74 Å². The summed E-state index contributed by atoms with van der Waals surface area (Å²) in [7, 11) is -3.70. The summed E-state index contributed by atoms with van der Waals surface area (Å²) in [5.41, 5.74) is 2.96. The number of sulfonamides is 1. The van der Waals surface area contributed by atoms with Gasteiger partial charge in [-0.1, -0.05) is 12.1 Å². The van der Waals surface area contributed by atoms with E-state index in [1.54, 1.807) is 26.0 Å². The van der Waals surface area contributed by atoms with Crippen molar-refractivity contribution in [1.29, 1.82) is 0 Å². The maximum absolute atomic E-state index is 12.5. The number of nitrogens with zero attached hydrogens (tertiary/aromatic N) is 1. The average molecular weight is 360 g/mol. The van der Waals surface area contributed by atoms with E-state index in [9.17, 15) is 8.42 Å². The summed E-state index contributed by atoms with van der Waals surface area (Å²) in [4.78, 5) is 2.56. The molecule has 0 aliphatic rings. The first-order valence-electron chi connectivity index (χ1n) is 8.09. The highest BCUT2D eigenvalue weighted by Gasteiger charge is 2.16. The lowest BCUT2D eigenvalue weighted by atomic mass is 10.1. The number of hydrazone groups is 1. The van der Waals surface area contributed by atoms with Gasteiger partial charge in [0.15, 0.2) is 0 Å². The average Bonchev–Trinajstić information content (AvgIpc) is 2.55. The van der Waals surface area contributed by atoms with Gasteiger partial charge in [-0.2, -0.15) is 18.4 Å².